The van der Waals surface area contributed by atoms with Gasteiger partial charge in [0.15, 0.2) is 0 Å². The molecule has 2 N–H and O–H groups in total. The number of Topliss-reactive ketones (excluding diaryl/α,β-unsaturated/α-hetero) is 1. The zero-order valence-corrected chi connectivity index (χ0v) is 20.3. The number of aromatic hydroxyl groups is 1. The van der Waals surface area contributed by atoms with Crippen LogP contribution in [0.1, 0.15) is 46.9 Å². The zero-order valence-electron chi connectivity index (χ0n) is 20.3. The number of ketones is 1. The first kappa shape index (κ1) is 24.1. The van der Waals surface area contributed by atoms with Crippen LogP contribution in [-0.2, 0) is 20.7 Å². The summed E-state index contributed by atoms with van der Waals surface area (Å²) in [6, 6.07) is 16.4. The molecule has 0 spiro atoms. The summed E-state index contributed by atoms with van der Waals surface area (Å²) in [5.41, 5.74) is 2.05. The van der Waals surface area contributed by atoms with Gasteiger partial charge in [-0.1, -0.05) is 18.2 Å². The molecule has 2 aliphatic heterocycles. The number of aliphatic hydroxyl groups excluding tert-OH is 1. The number of phenolic OH excluding ortho intramolecular Hbond substituents is 1. The van der Waals surface area contributed by atoms with Gasteiger partial charge >= 0.3 is 5.97 Å². The van der Waals surface area contributed by atoms with Crippen molar-refractivity contribution in [1.29, 1.82) is 0 Å². The summed E-state index contributed by atoms with van der Waals surface area (Å²) in [4.78, 5) is 40.4. The topological polar surface area (TPSA) is 113 Å². The lowest BCUT2D eigenvalue weighted by Gasteiger charge is -2.26. The summed E-state index contributed by atoms with van der Waals surface area (Å²) >= 11 is 0. The zero-order chi connectivity index (χ0) is 26.3. The molecule has 5 rings (SSSR count). The van der Waals surface area contributed by atoms with Crippen LogP contribution in [0.15, 0.2) is 72.3 Å². The maximum absolute atomic E-state index is 13.4. The Kier molecular flexibility index (Phi) is 6.17. The molecule has 1 fully saturated rings. The summed E-state index contributed by atoms with van der Waals surface area (Å²) in [6.45, 7) is 3.81. The van der Waals surface area contributed by atoms with Gasteiger partial charge in [-0.15, -0.1) is 0 Å². The minimum absolute atomic E-state index is 0.00283. The number of hydrogen-bond donors (Lipinski definition) is 2. The molecule has 2 unspecified atom stereocenters. The Morgan fingerprint density at radius 1 is 1.05 bits per heavy atom. The van der Waals surface area contributed by atoms with Crippen LogP contribution in [0.25, 0.3) is 5.76 Å². The highest BCUT2D eigenvalue weighted by molar-refractivity contribution is 6.51. The second-order valence-electron chi connectivity index (χ2n) is 8.99. The van der Waals surface area contributed by atoms with Crippen molar-refractivity contribution in [1.82, 2.24) is 0 Å². The number of hydrogen-bond acceptors (Lipinski definition) is 7. The normalized spacial score (nSPS) is 20.0. The van der Waals surface area contributed by atoms with Crippen molar-refractivity contribution < 1.29 is 34.1 Å². The summed E-state index contributed by atoms with van der Waals surface area (Å²) in [5, 5.41) is 21.6. The average molecular weight is 500 g/mol. The Hall–Kier alpha value is -4.59. The molecule has 8 heteroatoms. The predicted molar refractivity (Wildman–Crippen MR) is 136 cm³/mol. The van der Waals surface area contributed by atoms with Crippen molar-refractivity contribution in [2.75, 3.05) is 11.5 Å². The van der Waals surface area contributed by atoms with E-state index >= 15 is 0 Å². The molecule has 2 heterocycles. The van der Waals surface area contributed by atoms with Gasteiger partial charge in [0, 0.05) is 17.7 Å². The van der Waals surface area contributed by atoms with E-state index in [1.165, 1.54) is 23.1 Å². The first-order chi connectivity index (χ1) is 17.8. The van der Waals surface area contributed by atoms with Crippen LogP contribution in [0.4, 0.5) is 5.69 Å². The molecule has 2 aliphatic rings. The number of aliphatic hydroxyl groups is 1. The Bertz CT molecular complexity index is 1460. The van der Waals surface area contributed by atoms with Crippen LogP contribution in [0.3, 0.4) is 0 Å². The molecule has 3 aromatic carbocycles. The van der Waals surface area contributed by atoms with Gasteiger partial charge in [0.25, 0.3) is 11.7 Å². The standard InChI is InChI=1S/C29H25NO7/c1-3-36-29(35)19-7-4-8-21(14-19)30-25(17-6-5-9-22(31)15-17)24(27(33)28(30)34)26(32)18-10-11-23-20(13-18)12-16(2)37-23/h4-11,13-16,25,31-32H,3,12H2,1-2H3/b26-24-. The third-order valence-electron chi connectivity index (χ3n) is 6.44. The molecule has 2 atom stereocenters. The molecule has 0 radical (unpaired) electrons. The number of fused-ring (bicyclic) bond motifs is 1. The highest BCUT2D eigenvalue weighted by Gasteiger charge is 2.47. The number of carbonyl (C=O) groups excluding carboxylic acids is 3. The first-order valence-electron chi connectivity index (χ1n) is 12.0. The fourth-order valence-corrected chi connectivity index (χ4v) is 4.83. The number of rotatable bonds is 5. The molecule has 0 aromatic heterocycles. The number of carbonyl (C=O) groups is 3. The van der Waals surface area contributed by atoms with Gasteiger partial charge in [0.2, 0.25) is 0 Å². The molecule has 3 aromatic rings. The molecule has 1 amide bonds. The van der Waals surface area contributed by atoms with Crippen molar-refractivity contribution in [2.45, 2.75) is 32.4 Å². The van der Waals surface area contributed by atoms with Gasteiger partial charge < -0.3 is 19.7 Å². The van der Waals surface area contributed by atoms with Gasteiger partial charge in [-0.25, -0.2) is 4.79 Å². The van der Waals surface area contributed by atoms with Crippen LogP contribution in [0.5, 0.6) is 11.5 Å². The van der Waals surface area contributed by atoms with Gasteiger partial charge in [-0.2, -0.15) is 0 Å². The Morgan fingerprint density at radius 2 is 1.84 bits per heavy atom. The highest BCUT2D eigenvalue weighted by Crippen LogP contribution is 2.43. The minimum Gasteiger partial charge on any atom is -0.508 e. The Morgan fingerprint density at radius 3 is 2.59 bits per heavy atom. The number of ether oxygens (including phenoxy) is 2. The van der Waals surface area contributed by atoms with E-state index < -0.39 is 23.7 Å². The summed E-state index contributed by atoms with van der Waals surface area (Å²) in [5.74, 6) is -1.99. The van der Waals surface area contributed by atoms with Crippen molar-refractivity contribution in [3.63, 3.8) is 0 Å². The van der Waals surface area contributed by atoms with E-state index in [2.05, 4.69) is 0 Å². The van der Waals surface area contributed by atoms with Gasteiger partial charge in [0.05, 0.1) is 23.8 Å². The van der Waals surface area contributed by atoms with Crippen molar-refractivity contribution in [2.24, 2.45) is 0 Å². The molecular formula is C29H25NO7. The molecule has 1 saturated heterocycles. The molecule has 188 valence electrons. The van der Waals surface area contributed by atoms with Crippen LogP contribution in [0, 0.1) is 0 Å². The Balaban J connectivity index is 1.67. The number of nitrogens with zero attached hydrogens (tertiary/aromatic N) is 1. The second kappa shape index (κ2) is 9.46. The van der Waals surface area contributed by atoms with E-state index in [0.717, 1.165) is 5.56 Å². The summed E-state index contributed by atoms with van der Waals surface area (Å²) in [6.07, 6.45) is 0.651. The third kappa shape index (κ3) is 4.31. The first-order valence-corrected chi connectivity index (χ1v) is 12.0. The maximum atomic E-state index is 13.4. The highest BCUT2D eigenvalue weighted by atomic mass is 16.5. The maximum Gasteiger partial charge on any atom is 0.338 e. The largest absolute Gasteiger partial charge is 0.508 e. The van der Waals surface area contributed by atoms with E-state index in [-0.39, 0.29) is 41.0 Å². The van der Waals surface area contributed by atoms with Gasteiger partial charge in [-0.3, -0.25) is 14.5 Å². The molecule has 0 aliphatic carbocycles. The van der Waals surface area contributed by atoms with Crippen LogP contribution in [0.2, 0.25) is 0 Å². The smallest absolute Gasteiger partial charge is 0.338 e. The van der Waals surface area contributed by atoms with Crippen LogP contribution in [-0.4, -0.2) is 40.6 Å². The molecule has 0 saturated carbocycles. The number of esters is 1. The molecule has 8 nitrogen and oxygen atoms in total. The number of benzene rings is 3. The monoisotopic (exact) mass is 499 g/mol. The number of phenols is 1. The van der Waals surface area contributed by atoms with Crippen molar-refractivity contribution in [3.8, 4) is 11.5 Å². The molecular weight excluding hydrogens is 474 g/mol. The predicted octanol–water partition coefficient (Wildman–Crippen LogP) is 4.52. The second-order valence-corrected chi connectivity index (χ2v) is 8.99. The van der Waals surface area contributed by atoms with Crippen LogP contribution >= 0.6 is 0 Å². The number of amides is 1. The lowest BCUT2D eigenvalue weighted by Crippen LogP contribution is -2.29. The van der Waals surface area contributed by atoms with E-state index in [0.29, 0.717) is 23.3 Å². The van der Waals surface area contributed by atoms with E-state index in [9.17, 15) is 24.6 Å². The third-order valence-corrected chi connectivity index (χ3v) is 6.44. The fraction of sp³-hybridized carbons (Fsp3) is 0.207. The van der Waals surface area contributed by atoms with Crippen molar-refractivity contribution >= 4 is 29.1 Å². The number of anilines is 1. The van der Waals surface area contributed by atoms with Gasteiger partial charge in [0.1, 0.15) is 23.4 Å². The SMILES string of the molecule is CCOC(=O)c1cccc(N2C(=O)C(=O)/C(=C(\O)c3ccc4c(c3)CC(C)O4)C2c2cccc(O)c2)c1. The lowest BCUT2D eigenvalue weighted by molar-refractivity contribution is -0.132. The Labute approximate surface area is 213 Å². The molecule has 0 bridgehead atoms. The quantitative estimate of drug-likeness (QED) is 0.230. The minimum atomic E-state index is -1.05. The van der Waals surface area contributed by atoms with E-state index in [1.54, 1.807) is 55.5 Å². The van der Waals surface area contributed by atoms with Gasteiger partial charge in [-0.05, 0) is 73.5 Å². The lowest BCUT2D eigenvalue weighted by atomic mass is 9.94. The van der Waals surface area contributed by atoms with E-state index in [4.69, 9.17) is 9.47 Å². The van der Waals surface area contributed by atoms with Crippen molar-refractivity contribution in [3.05, 3.63) is 94.6 Å². The summed E-state index contributed by atoms with van der Waals surface area (Å²) < 4.78 is 10.8. The molecule has 37 heavy (non-hydrogen) atoms. The fourth-order valence-electron chi connectivity index (χ4n) is 4.83. The summed E-state index contributed by atoms with van der Waals surface area (Å²) in [7, 11) is 0. The van der Waals surface area contributed by atoms with Crippen LogP contribution < -0.4 is 9.64 Å². The van der Waals surface area contributed by atoms with E-state index in [1.807, 2.05) is 6.92 Å². The average Bonchev–Trinajstić information content (AvgIpc) is 3.39.